The fraction of sp³-hybridized carbons (Fsp3) is 0.333. The van der Waals surface area contributed by atoms with Crippen molar-refractivity contribution < 1.29 is 18.0 Å². The minimum absolute atomic E-state index is 0.0748. The van der Waals surface area contributed by atoms with Crippen LogP contribution in [-0.2, 0) is 32.6 Å². The summed E-state index contributed by atoms with van der Waals surface area (Å²) in [6, 6.07) is 25.0. The first-order valence-corrected chi connectivity index (χ1v) is 14.7. The number of carbonyl (C=O) groups is 2. The molecule has 1 N–H and O–H groups in total. The van der Waals surface area contributed by atoms with Crippen LogP contribution in [0.15, 0.2) is 84.9 Å². The van der Waals surface area contributed by atoms with E-state index in [0.29, 0.717) is 12.1 Å². The van der Waals surface area contributed by atoms with Crippen LogP contribution in [0.5, 0.6) is 0 Å². The maximum Gasteiger partial charge on any atom is 0.244 e. The van der Waals surface area contributed by atoms with Crippen molar-refractivity contribution in [2.24, 2.45) is 0 Å². The molecule has 2 atom stereocenters. The van der Waals surface area contributed by atoms with E-state index in [2.05, 4.69) is 5.32 Å². The lowest BCUT2D eigenvalue weighted by Gasteiger charge is -2.34. The molecule has 0 spiro atoms. The summed E-state index contributed by atoms with van der Waals surface area (Å²) < 4.78 is 26.7. The average Bonchev–Trinajstić information content (AvgIpc) is 2.89. The monoisotopic (exact) mass is 535 g/mol. The SMILES string of the molecule is CC[C@@H](C)NC(=O)[C@@H](Cc1ccccc1)N(Cc1ccccc1)C(=O)CN(c1cccc(C)c1)S(C)(=O)=O. The quantitative estimate of drug-likeness (QED) is 0.374. The number of nitrogens with zero attached hydrogens (tertiary/aromatic N) is 2. The van der Waals surface area contributed by atoms with E-state index < -0.39 is 28.5 Å². The highest BCUT2D eigenvalue weighted by atomic mass is 32.2. The second-order valence-electron chi connectivity index (χ2n) is 9.64. The summed E-state index contributed by atoms with van der Waals surface area (Å²) >= 11 is 0. The zero-order valence-corrected chi connectivity index (χ0v) is 23.3. The van der Waals surface area contributed by atoms with Gasteiger partial charge in [0.1, 0.15) is 12.6 Å². The average molecular weight is 536 g/mol. The van der Waals surface area contributed by atoms with Gasteiger partial charge in [0, 0.05) is 19.0 Å². The molecule has 3 aromatic rings. The Hall–Kier alpha value is -3.65. The molecule has 8 heteroatoms. The van der Waals surface area contributed by atoms with E-state index in [-0.39, 0.29) is 18.5 Å². The highest BCUT2D eigenvalue weighted by Gasteiger charge is 2.33. The van der Waals surface area contributed by atoms with Gasteiger partial charge in [-0.2, -0.15) is 0 Å². The largest absolute Gasteiger partial charge is 0.352 e. The van der Waals surface area contributed by atoms with Gasteiger partial charge < -0.3 is 10.2 Å². The number of amides is 2. The molecule has 0 aliphatic rings. The highest BCUT2D eigenvalue weighted by Crippen LogP contribution is 2.21. The van der Waals surface area contributed by atoms with Crippen LogP contribution in [0.3, 0.4) is 0 Å². The molecule has 0 saturated heterocycles. The Balaban J connectivity index is 2.04. The van der Waals surface area contributed by atoms with Crippen LogP contribution in [0.4, 0.5) is 5.69 Å². The Bertz CT molecular complexity index is 1310. The molecular weight excluding hydrogens is 498 g/mol. The third-order valence-electron chi connectivity index (χ3n) is 6.44. The summed E-state index contributed by atoms with van der Waals surface area (Å²) in [4.78, 5) is 29.1. The fourth-order valence-electron chi connectivity index (χ4n) is 4.17. The molecule has 0 saturated carbocycles. The molecule has 202 valence electrons. The van der Waals surface area contributed by atoms with Crippen molar-refractivity contribution in [1.82, 2.24) is 10.2 Å². The minimum Gasteiger partial charge on any atom is -0.352 e. The lowest BCUT2D eigenvalue weighted by Crippen LogP contribution is -2.54. The molecule has 0 fully saturated rings. The van der Waals surface area contributed by atoms with Crippen molar-refractivity contribution in [1.29, 1.82) is 0 Å². The zero-order valence-electron chi connectivity index (χ0n) is 22.5. The Kier molecular flexibility index (Phi) is 10.1. The van der Waals surface area contributed by atoms with E-state index in [1.165, 1.54) is 4.90 Å². The number of hydrogen-bond acceptors (Lipinski definition) is 4. The van der Waals surface area contributed by atoms with Gasteiger partial charge in [0.2, 0.25) is 21.8 Å². The second kappa shape index (κ2) is 13.2. The summed E-state index contributed by atoms with van der Waals surface area (Å²) in [5, 5.41) is 3.03. The van der Waals surface area contributed by atoms with Crippen LogP contribution in [0.25, 0.3) is 0 Å². The van der Waals surface area contributed by atoms with E-state index in [1.54, 1.807) is 18.2 Å². The van der Waals surface area contributed by atoms with Crippen LogP contribution >= 0.6 is 0 Å². The van der Waals surface area contributed by atoms with Gasteiger partial charge in [-0.25, -0.2) is 8.42 Å². The molecular formula is C30H37N3O4S. The number of rotatable bonds is 12. The van der Waals surface area contributed by atoms with Gasteiger partial charge in [0.15, 0.2) is 0 Å². The smallest absolute Gasteiger partial charge is 0.244 e. The highest BCUT2D eigenvalue weighted by molar-refractivity contribution is 7.92. The maximum atomic E-state index is 14.0. The zero-order chi connectivity index (χ0) is 27.7. The molecule has 3 rings (SSSR count). The van der Waals surface area contributed by atoms with Gasteiger partial charge in [-0.3, -0.25) is 13.9 Å². The third kappa shape index (κ3) is 8.18. The molecule has 2 amide bonds. The molecule has 0 unspecified atom stereocenters. The van der Waals surface area contributed by atoms with E-state index in [9.17, 15) is 18.0 Å². The van der Waals surface area contributed by atoms with Crippen LogP contribution in [0.1, 0.15) is 37.0 Å². The number of anilines is 1. The van der Waals surface area contributed by atoms with Gasteiger partial charge in [-0.15, -0.1) is 0 Å². The molecule has 0 bridgehead atoms. The first-order valence-electron chi connectivity index (χ1n) is 12.8. The predicted molar refractivity (Wildman–Crippen MR) is 152 cm³/mol. The summed E-state index contributed by atoms with van der Waals surface area (Å²) in [6.07, 6.45) is 2.12. The topological polar surface area (TPSA) is 86.8 Å². The van der Waals surface area contributed by atoms with Crippen molar-refractivity contribution in [3.05, 3.63) is 102 Å². The van der Waals surface area contributed by atoms with Gasteiger partial charge in [0.05, 0.1) is 11.9 Å². The standard InChI is InChI=1S/C30H37N3O4S/c1-5-24(3)31-30(35)28(20-25-14-8-6-9-15-25)32(21-26-16-10-7-11-17-26)29(34)22-33(38(4,36)37)27-18-12-13-23(2)19-27/h6-19,24,28H,5,20-22H2,1-4H3,(H,31,35)/t24-,28-/m1/s1. The fourth-order valence-corrected chi connectivity index (χ4v) is 5.01. The summed E-state index contributed by atoms with van der Waals surface area (Å²) in [6.45, 7) is 5.51. The van der Waals surface area contributed by atoms with Crippen molar-refractivity contribution in [3.8, 4) is 0 Å². The van der Waals surface area contributed by atoms with Gasteiger partial charge >= 0.3 is 0 Å². The van der Waals surface area contributed by atoms with Crippen molar-refractivity contribution >= 4 is 27.5 Å². The van der Waals surface area contributed by atoms with E-state index in [0.717, 1.165) is 33.7 Å². The molecule has 0 radical (unpaired) electrons. The normalized spacial score (nSPS) is 12.8. The lowest BCUT2D eigenvalue weighted by molar-refractivity contribution is -0.140. The van der Waals surface area contributed by atoms with E-state index in [1.807, 2.05) is 87.5 Å². The molecule has 38 heavy (non-hydrogen) atoms. The van der Waals surface area contributed by atoms with Crippen LogP contribution < -0.4 is 9.62 Å². The second-order valence-corrected chi connectivity index (χ2v) is 11.5. The van der Waals surface area contributed by atoms with Gasteiger partial charge in [0.25, 0.3) is 0 Å². The minimum atomic E-state index is -3.78. The predicted octanol–water partition coefficient (Wildman–Crippen LogP) is 4.32. The van der Waals surface area contributed by atoms with Crippen LogP contribution in [-0.4, -0.2) is 50.0 Å². The maximum absolute atomic E-state index is 14.0. The molecule has 0 heterocycles. The van der Waals surface area contributed by atoms with Crippen molar-refractivity contribution in [3.63, 3.8) is 0 Å². The van der Waals surface area contributed by atoms with Gasteiger partial charge in [-0.05, 0) is 49.1 Å². The van der Waals surface area contributed by atoms with Crippen LogP contribution in [0.2, 0.25) is 0 Å². The summed E-state index contributed by atoms with van der Waals surface area (Å²) in [5.74, 6) is -0.727. The summed E-state index contributed by atoms with van der Waals surface area (Å²) in [7, 11) is -3.78. The molecule has 0 aliphatic heterocycles. The molecule has 7 nitrogen and oxygen atoms in total. The number of sulfonamides is 1. The molecule has 3 aromatic carbocycles. The van der Waals surface area contributed by atoms with E-state index in [4.69, 9.17) is 0 Å². The Morgan fingerprint density at radius 3 is 2.05 bits per heavy atom. The van der Waals surface area contributed by atoms with Crippen molar-refractivity contribution in [2.75, 3.05) is 17.1 Å². The van der Waals surface area contributed by atoms with Crippen molar-refractivity contribution in [2.45, 2.75) is 52.2 Å². The molecule has 0 aliphatic carbocycles. The first kappa shape index (κ1) is 28.9. The number of benzene rings is 3. The number of nitrogens with one attached hydrogen (secondary N) is 1. The Morgan fingerprint density at radius 2 is 1.50 bits per heavy atom. The number of aryl methyl sites for hydroxylation is 1. The number of carbonyl (C=O) groups excluding carboxylic acids is 2. The Labute approximate surface area is 226 Å². The summed E-state index contributed by atoms with van der Waals surface area (Å²) in [5.41, 5.74) is 3.03. The first-order chi connectivity index (χ1) is 18.1. The third-order valence-corrected chi connectivity index (χ3v) is 7.58. The van der Waals surface area contributed by atoms with Gasteiger partial charge in [-0.1, -0.05) is 79.7 Å². The lowest BCUT2D eigenvalue weighted by atomic mass is 10.0. The Morgan fingerprint density at radius 1 is 0.895 bits per heavy atom. The molecule has 0 aromatic heterocycles. The van der Waals surface area contributed by atoms with E-state index >= 15 is 0 Å². The van der Waals surface area contributed by atoms with Crippen LogP contribution in [0, 0.1) is 6.92 Å². The number of hydrogen-bond donors (Lipinski definition) is 1.